The van der Waals surface area contributed by atoms with E-state index >= 15 is 0 Å². The van der Waals surface area contributed by atoms with Gasteiger partial charge < -0.3 is 5.11 Å². The zero-order valence-corrected chi connectivity index (χ0v) is 13.1. The van der Waals surface area contributed by atoms with E-state index in [0.29, 0.717) is 0 Å². The maximum atomic E-state index is 12.9. The van der Waals surface area contributed by atoms with Gasteiger partial charge in [-0.25, -0.2) is 0 Å². The topological polar surface area (TPSA) is 57.6 Å². The molecule has 0 radical (unpaired) electrons. The molecule has 1 aromatic rings. The Morgan fingerprint density at radius 1 is 1.29 bits per heavy atom. The Labute approximate surface area is 125 Å². The normalized spacial score (nSPS) is 25.5. The number of hydrogen-bond acceptors (Lipinski definition) is 3. The van der Waals surface area contributed by atoms with E-state index in [-0.39, 0.29) is 30.8 Å². The van der Waals surface area contributed by atoms with Crippen LogP contribution in [0.15, 0.2) is 30.3 Å². The average molecular weight is 289 g/mol. The largest absolute Gasteiger partial charge is 0.394 e. The van der Waals surface area contributed by atoms with E-state index in [1.54, 1.807) is 6.92 Å². The minimum Gasteiger partial charge on any atom is -0.394 e. The highest BCUT2D eigenvalue weighted by atomic mass is 16.3. The van der Waals surface area contributed by atoms with Gasteiger partial charge in [-0.1, -0.05) is 44.2 Å². The van der Waals surface area contributed by atoms with Gasteiger partial charge in [0, 0.05) is 6.42 Å². The summed E-state index contributed by atoms with van der Waals surface area (Å²) in [5.41, 5.74) is -0.938. The number of aliphatic hydroxyl groups is 1. The molecule has 1 aliphatic heterocycles. The monoisotopic (exact) mass is 289 g/mol. The molecular weight excluding hydrogens is 266 g/mol. The molecule has 1 aromatic carbocycles. The molecule has 114 valence electrons. The third-order valence-corrected chi connectivity index (χ3v) is 4.93. The van der Waals surface area contributed by atoms with Crippen LogP contribution in [0.2, 0.25) is 0 Å². The predicted octanol–water partition coefficient (Wildman–Crippen LogP) is 2.32. The first-order valence-corrected chi connectivity index (χ1v) is 7.31. The molecule has 1 N–H and O–H groups in total. The third-order valence-electron chi connectivity index (χ3n) is 4.93. The van der Waals surface area contributed by atoms with Crippen LogP contribution in [0.4, 0.5) is 0 Å². The fourth-order valence-corrected chi connectivity index (χ4v) is 2.88. The smallest absolute Gasteiger partial charge is 0.236 e. The van der Waals surface area contributed by atoms with Crippen LogP contribution in [0.3, 0.4) is 0 Å². The van der Waals surface area contributed by atoms with Gasteiger partial charge in [0.2, 0.25) is 11.8 Å². The van der Waals surface area contributed by atoms with Crippen LogP contribution in [0.5, 0.6) is 0 Å². The third kappa shape index (κ3) is 2.27. The molecule has 2 amide bonds. The van der Waals surface area contributed by atoms with Crippen molar-refractivity contribution in [2.45, 2.75) is 39.7 Å². The van der Waals surface area contributed by atoms with Crippen molar-refractivity contribution in [1.82, 2.24) is 4.90 Å². The highest BCUT2D eigenvalue weighted by Crippen LogP contribution is 2.44. The summed E-state index contributed by atoms with van der Waals surface area (Å²) in [4.78, 5) is 26.6. The lowest BCUT2D eigenvalue weighted by atomic mass is 9.77. The van der Waals surface area contributed by atoms with Crippen molar-refractivity contribution in [3.63, 3.8) is 0 Å². The number of carbonyl (C=O) groups is 2. The van der Waals surface area contributed by atoms with Gasteiger partial charge in [0.15, 0.2) is 0 Å². The number of carbonyl (C=O) groups excluding carboxylic acids is 2. The Hall–Kier alpha value is -1.68. The summed E-state index contributed by atoms with van der Waals surface area (Å²) in [5.74, 6) is -0.336. The van der Waals surface area contributed by atoms with Crippen molar-refractivity contribution in [3.05, 3.63) is 35.9 Å². The van der Waals surface area contributed by atoms with Crippen molar-refractivity contribution in [1.29, 1.82) is 0 Å². The maximum absolute atomic E-state index is 12.9. The molecule has 1 aliphatic rings. The summed E-state index contributed by atoms with van der Waals surface area (Å²) in [6, 6.07) is 9.22. The van der Waals surface area contributed by atoms with Gasteiger partial charge >= 0.3 is 0 Å². The molecule has 2 atom stereocenters. The number of likely N-dealkylation sites (tertiary alicyclic amines) is 1. The van der Waals surface area contributed by atoms with Crippen molar-refractivity contribution >= 4 is 11.8 Å². The first-order chi connectivity index (χ1) is 9.77. The number of benzene rings is 1. The van der Waals surface area contributed by atoms with Crippen molar-refractivity contribution in [3.8, 4) is 0 Å². The molecule has 0 aromatic heterocycles. The van der Waals surface area contributed by atoms with Gasteiger partial charge in [-0.3, -0.25) is 14.5 Å². The van der Waals surface area contributed by atoms with E-state index < -0.39 is 11.0 Å². The molecule has 0 aliphatic carbocycles. The van der Waals surface area contributed by atoms with Crippen LogP contribution in [0.25, 0.3) is 0 Å². The van der Waals surface area contributed by atoms with E-state index in [1.165, 1.54) is 4.90 Å². The fraction of sp³-hybridized carbons (Fsp3) is 0.529. The first kappa shape index (κ1) is 15.7. The van der Waals surface area contributed by atoms with Crippen LogP contribution in [0.1, 0.15) is 39.7 Å². The second-order valence-corrected chi connectivity index (χ2v) is 6.58. The lowest BCUT2D eigenvalue weighted by Gasteiger charge is -2.38. The Kier molecular flexibility index (Phi) is 3.93. The molecule has 21 heavy (non-hydrogen) atoms. The molecule has 2 rings (SSSR count). The summed E-state index contributed by atoms with van der Waals surface area (Å²) >= 11 is 0. The van der Waals surface area contributed by atoms with E-state index in [0.717, 1.165) is 5.56 Å². The molecule has 4 heteroatoms. The summed E-state index contributed by atoms with van der Waals surface area (Å²) < 4.78 is 0. The highest BCUT2D eigenvalue weighted by molar-refractivity contribution is 6.06. The zero-order chi connectivity index (χ0) is 15.8. The molecule has 0 spiro atoms. The van der Waals surface area contributed by atoms with Crippen LogP contribution in [-0.4, -0.2) is 28.4 Å². The second-order valence-electron chi connectivity index (χ2n) is 6.58. The minimum absolute atomic E-state index is 0.0673. The van der Waals surface area contributed by atoms with Crippen molar-refractivity contribution in [2.75, 3.05) is 6.61 Å². The Bertz CT molecular complexity index is 554. The molecular formula is C17H23NO3. The van der Waals surface area contributed by atoms with E-state index in [1.807, 2.05) is 51.1 Å². The second kappa shape index (κ2) is 5.26. The fourth-order valence-electron chi connectivity index (χ4n) is 2.88. The predicted molar refractivity (Wildman–Crippen MR) is 80.3 cm³/mol. The molecule has 4 nitrogen and oxygen atoms in total. The van der Waals surface area contributed by atoms with Crippen molar-refractivity contribution in [2.24, 2.45) is 11.3 Å². The van der Waals surface area contributed by atoms with Gasteiger partial charge in [0.1, 0.15) is 0 Å². The molecule has 1 fully saturated rings. The summed E-state index contributed by atoms with van der Waals surface area (Å²) in [5, 5.41) is 9.90. The van der Waals surface area contributed by atoms with Gasteiger partial charge in [-0.15, -0.1) is 0 Å². The lowest BCUT2D eigenvalue weighted by molar-refractivity contribution is -0.151. The summed E-state index contributed by atoms with van der Waals surface area (Å²) in [6.45, 7) is 7.19. The Morgan fingerprint density at radius 2 is 1.86 bits per heavy atom. The van der Waals surface area contributed by atoms with Crippen LogP contribution in [-0.2, 0) is 15.1 Å². The SMILES string of the molecule is CC(C)C1(C)CC(=O)N(C(C)(CO)c2ccccc2)C1=O. The minimum atomic E-state index is -1.01. The van der Waals surface area contributed by atoms with Gasteiger partial charge in [0.05, 0.1) is 17.6 Å². The Balaban J connectivity index is 2.49. The van der Waals surface area contributed by atoms with Gasteiger partial charge in [-0.2, -0.15) is 0 Å². The van der Waals surface area contributed by atoms with Crippen molar-refractivity contribution < 1.29 is 14.7 Å². The zero-order valence-electron chi connectivity index (χ0n) is 13.1. The van der Waals surface area contributed by atoms with Crippen LogP contribution < -0.4 is 0 Å². The first-order valence-electron chi connectivity index (χ1n) is 7.31. The standard InChI is InChI=1S/C17H23NO3/c1-12(2)16(3)10-14(20)18(15(16)21)17(4,11-19)13-8-6-5-7-9-13/h5-9,12,19H,10-11H2,1-4H3. The molecule has 0 saturated carbocycles. The van der Waals surface area contributed by atoms with Crippen LogP contribution >= 0.6 is 0 Å². The number of hydrogen-bond donors (Lipinski definition) is 1. The quantitative estimate of drug-likeness (QED) is 0.865. The summed E-state index contributed by atoms with van der Waals surface area (Å²) in [6.07, 6.45) is 0.200. The summed E-state index contributed by atoms with van der Waals surface area (Å²) in [7, 11) is 0. The maximum Gasteiger partial charge on any atom is 0.236 e. The average Bonchev–Trinajstić information content (AvgIpc) is 2.70. The highest BCUT2D eigenvalue weighted by Gasteiger charge is 2.55. The number of nitrogens with zero attached hydrogens (tertiary/aromatic N) is 1. The Morgan fingerprint density at radius 3 is 2.29 bits per heavy atom. The number of rotatable bonds is 4. The molecule has 2 unspecified atom stereocenters. The molecule has 0 bridgehead atoms. The van der Waals surface area contributed by atoms with E-state index in [2.05, 4.69) is 0 Å². The van der Waals surface area contributed by atoms with Gasteiger partial charge in [-0.05, 0) is 25.3 Å². The van der Waals surface area contributed by atoms with Crippen LogP contribution in [0, 0.1) is 11.3 Å². The molecule has 1 saturated heterocycles. The molecule has 1 heterocycles. The number of amides is 2. The lowest BCUT2D eigenvalue weighted by Crippen LogP contribution is -2.51. The number of aliphatic hydroxyl groups excluding tert-OH is 1. The van der Waals surface area contributed by atoms with Gasteiger partial charge in [0.25, 0.3) is 0 Å². The number of imide groups is 1. The van der Waals surface area contributed by atoms with E-state index in [9.17, 15) is 14.7 Å². The van der Waals surface area contributed by atoms with E-state index in [4.69, 9.17) is 0 Å².